The molecule has 0 aromatic carbocycles. The number of carbonyl (C=O) groups is 1. The highest BCUT2D eigenvalue weighted by molar-refractivity contribution is 5.76. The van der Waals surface area contributed by atoms with Crippen molar-refractivity contribution in [3.63, 3.8) is 0 Å². The first kappa shape index (κ1) is 17.9. The lowest BCUT2D eigenvalue weighted by Crippen LogP contribution is -2.60. The fourth-order valence-corrected chi connectivity index (χ4v) is 5.08. The predicted octanol–water partition coefficient (Wildman–Crippen LogP) is 3.02. The van der Waals surface area contributed by atoms with Crippen LogP contribution in [0.25, 0.3) is 0 Å². The minimum absolute atomic E-state index is 0.263. The number of amides is 1. The van der Waals surface area contributed by atoms with Crippen molar-refractivity contribution >= 4 is 5.91 Å². The van der Waals surface area contributed by atoms with E-state index in [2.05, 4.69) is 26.9 Å². The zero-order valence-electron chi connectivity index (χ0n) is 15.8. The summed E-state index contributed by atoms with van der Waals surface area (Å²) in [5.74, 6) is 1.04. The first-order valence-electron chi connectivity index (χ1n) is 10.2. The number of methoxy groups -OCH3 is 1. The first-order valence-corrected chi connectivity index (χ1v) is 10.2. The highest BCUT2D eigenvalue weighted by atomic mass is 16.5. The monoisotopic (exact) mass is 357 g/mol. The van der Waals surface area contributed by atoms with Crippen LogP contribution >= 0.6 is 0 Å². The number of piperidine rings is 1. The minimum Gasteiger partial charge on any atom is -0.378 e. The topological polar surface area (TPSA) is 45.7 Å². The predicted molar refractivity (Wildman–Crippen MR) is 101 cm³/mol. The Morgan fingerprint density at radius 3 is 2.50 bits per heavy atom. The molecule has 0 spiro atoms. The molecule has 5 nitrogen and oxygen atoms in total. The van der Waals surface area contributed by atoms with Crippen LogP contribution in [0, 0.1) is 5.92 Å². The van der Waals surface area contributed by atoms with E-state index in [1.54, 1.807) is 7.11 Å². The van der Waals surface area contributed by atoms with Gasteiger partial charge in [-0.1, -0.05) is 12.8 Å². The van der Waals surface area contributed by atoms with Gasteiger partial charge in [0.1, 0.15) is 0 Å². The van der Waals surface area contributed by atoms with E-state index in [1.807, 2.05) is 12.4 Å². The number of likely N-dealkylation sites (tertiary alicyclic amines) is 2. The van der Waals surface area contributed by atoms with E-state index in [1.165, 1.54) is 31.2 Å². The summed E-state index contributed by atoms with van der Waals surface area (Å²) in [6.07, 6.45) is 12.1. The Bertz CT molecular complexity index is 595. The third-order valence-corrected chi connectivity index (χ3v) is 6.67. The van der Waals surface area contributed by atoms with Gasteiger partial charge in [-0.25, -0.2) is 0 Å². The highest BCUT2D eigenvalue weighted by Gasteiger charge is 2.44. The molecule has 0 bridgehead atoms. The van der Waals surface area contributed by atoms with Crippen molar-refractivity contribution in [2.24, 2.45) is 5.92 Å². The van der Waals surface area contributed by atoms with Crippen LogP contribution in [0.4, 0.5) is 0 Å². The van der Waals surface area contributed by atoms with E-state index < -0.39 is 0 Å². The largest absolute Gasteiger partial charge is 0.378 e. The van der Waals surface area contributed by atoms with Crippen molar-refractivity contribution in [2.45, 2.75) is 63.1 Å². The zero-order valence-corrected chi connectivity index (χ0v) is 15.8. The molecule has 4 rings (SSSR count). The molecule has 1 aliphatic carbocycles. The molecule has 26 heavy (non-hydrogen) atoms. The molecule has 2 atom stereocenters. The second-order valence-electron chi connectivity index (χ2n) is 8.16. The van der Waals surface area contributed by atoms with Gasteiger partial charge < -0.3 is 9.64 Å². The Morgan fingerprint density at radius 1 is 1.15 bits per heavy atom. The normalized spacial score (nSPS) is 28.3. The Kier molecular flexibility index (Phi) is 5.55. The van der Waals surface area contributed by atoms with Gasteiger partial charge in [0.25, 0.3) is 0 Å². The molecule has 2 saturated heterocycles. The van der Waals surface area contributed by atoms with Crippen LogP contribution in [0.1, 0.15) is 56.6 Å². The van der Waals surface area contributed by atoms with Crippen molar-refractivity contribution in [1.29, 1.82) is 0 Å². The van der Waals surface area contributed by atoms with Crippen LogP contribution in [0.15, 0.2) is 24.5 Å². The molecule has 1 saturated carbocycles. The second-order valence-corrected chi connectivity index (χ2v) is 8.16. The summed E-state index contributed by atoms with van der Waals surface area (Å²) >= 11 is 0. The second kappa shape index (κ2) is 8.05. The van der Waals surface area contributed by atoms with Crippen LogP contribution in [-0.4, -0.2) is 59.6 Å². The van der Waals surface area contributed by atoms with Gasteiger partial charge in [0, 0.05) is 51.6 Å². The lowest BCUT2D eigenvalue weighted by atomic mass is 9.87. The molecule has 5 heteroatoms. The van der Waals surface area contributed by atoms with Crippen LogP contribution in [-0.2, 0) is 9.53 Å². The van der Waals surface area contributed by atoms with Gasteiger partial charge in [0.2, 0.25) is 5.91 Å². The first-order chi connectivity index (χ1) is 12.8. The van der Waals surface area contributed by atoms with Crippen molar-refractivity contribution in [2.75, 3.05) is 26.7 Å². The van der Waals surface area contributed by atoms with Crippen molar-refractivity contribution in [3.05, 3.63) is 30.1 Å². The number of aromatic nitrogens is 1. The molecular formula is C21H31N3O2. The molecule has 0 radical (unpaired) electrons. The number of ether oxygens (including phenoxy) is 1. The van der Waals surface area contributed by atoms with E-state index in [9.17, 15) is 4.79 Å². The molecular weight excluding hydrogens is 326 g/mol. The third kappa shape index (κ3) is 3.65. The number of nitrogens with zero attached hydrogens (tertiary/aromatic N) is 3. The van der Waals surface area contributed by atoms with Gasteiger partial charge in [0.05, 0.1) is 12.1 Å². The molecule has 1 amide bonds. The molecule has 1 aromatic heterocycles. The highest BCUT2D eigenvalue weighted by Crippen LogP contribution is 2.39. The van der Waals surface area contributed by atoms with Crippen LogP contribution in [0.5, 0.6) is 0 Å². The zero-order chi connectivity index (χ0) is 17.9. The van der Waals surface area contributed by atoms with E-state index in [0.717, 1.165) is 38.9 Å². The third-order valence-electron chi connectivity index (χ3n) is 6.67. The van der Waals surface area contributed by atoms with E-state index >= 15 is 0 Å². The maximum atomic E-state index is 12.6. The maximum Gasteiger partial charge on any atom is 0.222 e. The van der Waals surface area contributed by atoms with Gasteiger partial charge in [-0.2, -0.15) is 0 Å². The summed E-state index contributed by atoms with van der Waals surface area (Å²) in [6.45, 7) is 2.81. The summed E-state index contributed by atoms with van der Waals surface area (Å²) in [6, 6.07) is 5.08. The SMILES string of the molecule is CO[C@H]1CN(C2CCN(C(=O)CC3CCCC3)CC2)[C@H]1c1ccncc1. The summed E-state index contributed by atoms with van der Waals surface area (Å²) < 4.78 is 5.68. The number of pyridine rings is 1. The summed E-state index contributed by atoms with van der Waals surface area (Å²) in [5, 5.41) is 0. The van der Waals surface area contributed by atoms with Gasteiger partial charge in [-0.15, -0.1) is 0 Å². The number of hydrogen-bond donors (Lipinski definition) is 0. The molecule has 1 aromatic rings. The summed E-state index contributed by atoms with van der Waals surface area (Å²) in [4.78, 5) is 21.4. The van der Waals surface area contributed by atoms with E-state index in [-0.39, 0.29) is 6.10 Å². The lowest BCUT2D eigenvalue weighted by molar-refractivity contribution is -0.138. The number of hydrogen-bond acceptors (Lipinski definition) is 4. The Labute approximate surface area is 156 Å². The Morgan fingerprint density at radius 2 is 1.85 bits per heavy atom. The van der Waals surface area contributed by atoms with Crippen LogP contribution < -0.4 is 0 Å². The average Bonchev–Trinajstić information content (AvgIpc) is 3.16. The van der Waals surface area contributed by atoms with E-state index in [4.69, 9.17) is 4.74 Å². The van der Waals surface area contributed by atoms with Gasteiger partial charge in [0.15, 0.2) is 0 Å². The maximum absolute atomic E-state index is 12.6. The molecule has 2 aliphatic heterocycles. The van der Waals surface area contributed by atoms with Gasteiger partial charge in [-0.05, 0) is 49.3 Å². The Balaban J connectivity index is 1.32. The quantitative estimate of drug-likeness (QED) is 0.813. The smallest absolute Gasteiger partial charge is 0.222 e. The Hall–Kier alpha value is -1.46. The molecule has 0 unspecified atom stereocenters. The molecule has 3 aliphatic rings. The average molecular weight is 357 g/mol. The van der Waals surface area contributed by atoms with Crippen molar-refractivity contribution in [1.82, 2.24) is 14.8 Å². The number of rotatable bonds is 5. The minimum atomic E-state index is 0.263. The molecule has 142 valence electrons. The van der Waals surface area contributed by atoms with Crippen LogP contribution in [0.2, 0.25) is 0 Å². The fraction of sp³-hybridized carbons (Fsp3) is 0.714. The van der Waals surface area contributed by atoms with Crippen molar-refractivity contribution in [3.8, 4) is 0 Å². The van der Waals surface area contributed by atoms with Crippen LogP contribution in [0.3, 0.4) is 0 Å². The van der Waals surface area contributed by atoms with E-state index in [0.29, 0.717) is 23.9 Å². The van der Waals surface area contributed by atoms with Gasteiger partial charge >= 0.3 is 0 Å². The lowest BCUT2D eigenvalue weighted by Gasteiger charge is -2.53. The number of carbonyl (C=O) groups excluding carboxylic acids is 1. The van der Waals surface area contributed by atoms with Crippen molar-refractivity contribution < 1.29 is 9.53 Å². The molecule has 3 heterocycles. The molecule has 0 N–H and O–H groups in total. The van der Waals surface area contributed by atoms with Gasteiger partial charge in [-0.3, -0.25) is 14.7 Å². The summed E-state index contributed by atoms with van der Waals surface area (Å²) in [7, 11) is 1.81. The fourth-order valence-electron chi connectivity index (χ4n) is 5.08. The summed E-state index contributed by atoms with van der Waals surface area (Å²) in [5.41, 5.74) is 1.29. The molecule has 3 fully saturated rings. The standard InChI is InChI=1S/C21H31N3O2/c1-26-19-15-24(21(19)17-6-10-22-11-7-17)18-8-12-23(13-9-18)20(25)14-16-4-2-3-5-16/h6-7,10-11,16,18-19,21H,2-5,8-9,12-15H2,1H3/t19-,21-/m0/s1.